The van der Waals surface area contributed by atoms with Crippen LogP contribution in [0.15, 0.2) is 36.4 Å². The predicted molar refractivity (Wildman–Crippen MR) is 89.7 cm³/mol. The van der Waals surface area contributed by atoms with Gasteiger partial charge in [0.05, 0.1) is 12.0 Å². The topological polar surface area (TPSA) is 125 Å². The van der Waals surface area contributed by atoms with Gasteiger partial charge in [-0.2, -0.15) is 0 Å². The minimum Gasteiger partial charge on any atom is -0.496 e. The molecule has 0 heterocycles. The molecule has 0 bridgehead atoms. The first kappa shape index (κ1) is 19.1. The van der Waals surface area contributed by atoms with E-state index in [1.165, 1.54) is 7.11 Å². The molecule has 2 aromatic rings. The van der Waals surface area contributed by atoms with Gasteiger partial charge in [-0.1, -0.05) is 6.07 Å². The normalized spacial score (nSPS) is 11.7. The van der Waals surface area contributed by atoms with Gasteiger partial charge in [-0.15, -0.1) is 0 Å². The van der Waals surface area contributed by atoms with Crippen molar-refractivity contribution in [1.82, 2.24) is 0 Å². The Hall–Kier alpha value is -3.20. The van der Waals surface area contributed by atoms with E-state index < -0.39 is 22.8 Å². The van der Waals surface area contributed by atoms with E-state index in [9.17, 15) is 19.3 Å². The number of benzene rings is 2. The summed E-state index contributed by atoms with van der Waals surface area (Å²) in [6, 6.07) is 6.75. The Morgan fingerprint density at radius 2 is 2.04 bits per heavy atom. The minimum absolute atomic E-state index is 0.0897. The lowest BCUT2D eigenvalue weighted by atomic mass is 10.0. The Labute approximate surface area is 148 Å². The molecule has 0 aromatic heterocycles. The van der Waals surface area contributed by atoms with Gasteiger partial charge in [-0.05, 0) is 30.2 Å². The zero-order valence-electron chi connectivity index (χ0n) is 13.8. The van der Waals surface area contributed by atoms with Crippen molar-refractivity contribution >= 4 is 11.7 Å². The number of nitro groups is 1. The standard InChI is InChI=1S/C17H17FN2O6/c1-25-15-5-2-10(7-13(19)17(21)22)6-11(15)9-26-16-8-12(18)3-4-14(16)20(23)24/h2-6,8,13H,7,9,19H2,1H3,(H,21,22). The van der Waals surface area contributed by atoms with Gasteiger partial charge in [0.2, 0.25) is 0 Å². The molecule has 8 nitrogen and oxygen atoms in total. The summed E-state index contributed by atoms with van der Waals surface area (Å²) in [4.78, 5) is 21.2. The summed E-state index contributed by atoms with van der Waals surface area (Å²) < 4.78 is 24.0. The fraction of sp³-hybridized carbons (Fsp3) is 0.235. The molecule has 138 valence electrons. The van der Waals surface area contributed by atoms with Crippen molar-refractivity contribution in [1.29, 1.82) is 0 Å². The van der Waals surface area contributed by atoms with Crippen LogP contribution in [0.25, 0.3) is 0 Å². The van der Waals surface area contributed by atoms with Gasteiger partial charge < -0.3 is 20.3 Å². The quantitative estimate of drug-likeness (QED) is 0.544. The molecule has 2 aromatic carbocycles. The second-order valence-corrected chi connectivity index (χ2v) is 5.45. The number of ether oxygens (including phenoxy) is 2. The molecule has 3 N–H and O–H groups in total. The Kier molecular flexibility index (Phi) is 6.07. The van der Waals surface area contributed by atoms with Gasteiger partial charge in [0, 0.05) is 17.7 Å². The molecular weight excluding hydrogens is 347 g/mol. The van der Waals surface area contributed by atoms with Crippen molar-refractivity contribution in [2.24, 2.45) is 5.73 Å². The van der Waals surface area contributed by atoms with E-state index in [4.69, 9.17) is 20.3 Å². The van der Waals surface area contributed by atoms with Gasteiger partial charge in [0.15, 0.2) is 5.75 Å². The smallest absolute Gasteiger partial charge is 0.320 e. The van der Waals surface area contributed by atoms with E-state index in [-0.39, 0.29) is 24.5 Å². The molecule has 0 spiro atoms. The highest BCUT2D eigenvalue weighted by Crippen LogP contribution is 2.29. The number of carboxylic acids is 1. The summed E-state index contributed by atoms with van der Waals surface area (Å²) in [5.41, 5.74) is 6.31. The zero-order valence-corrected chi connectivity index (χ0v) is 13.8. The number of aliphatic carboxylic acids is 1. The van der Waals surface area contributed by atoms with Crippen LogP contribution in [0.4, 0.5) is 10.1 Å². The van der Waals surface area contributed by atoms with E-state index >= 15 is 0 Å². The van der Waals surface area contributed by atoms with Crippen molar-refractivity contribution in [2.45, 2.75) is 19.1 Å². The second kappa shape index (κ2) is 8.26. The number of halogens is 1. The van der Waals surface area contributed by atoms with Crippen LogP contribution in [0, 0.1) is 15.9 Å². The maximum Gasteiger partial charge on any atom is 0.320 e. The van der Waals surface area contributed by atoms with Crippen LogP contribution >= 0.6 is 0 Å². The van der Waals surface area contributed by atoms with Gasteiger partial charge in [-0.3, -0.25) is 14.9 Å². The molecule has 0 aliphatic heterocycles. The second-order valence-electron chi connectivity index (χ2n) is 5.45. The summed E-state index contributed by atoms with van der Waals surface area (Å²) in [6.45, 7) is -0.135. The molecule has 2 rings (SSSR count). The monoisotopic (exact) mass is 364 g/mol. The molecule has 0 amide bonds. The Balaban J connectivity index is 2.24. The Bertz CT molecular complexity index is 827. The average Bonchev–Trinajstić information content (AvgIpc) is 2.59. The van der Waals surface area contributed by atoms with E-state index in [1.54, 1.807) is 18.2 Å². The molecule has 0 aliphatic rings. The first-order valence-electron chi connectivity index (χ1n) is 7.52. The molecule has 0 fully saturated rings. The number of rotatable bonds is 8. The van der Waals surface area contributed by atoms with Crippen LogP contribution in [0.1, 0.15) is 11.1 Å². The average molecular weight is 364 g/mol. The molecular formula is C17H17FN2O6. The fourth-order valence-corrected chi connectivity index (χ4v) is 2.32. The van der Waals surface area contributed by atoms with Crippen LogP contribution < -0.4 is 15.2 Å². The number of nitrogens with zero attached hydrogens (tertiary/aromatic N) is 1. The summed E-state index contributed by atoms with van der Waals surface area (Å²) in [7, 11) is 1.44. The zero-order chi connectivity index (χ0) is 19.3. The molecule has 9 heteroatoms. The predicted octanol–water partition coefficient (Wildman–Crippen LogP) is 2.28. The first-order valence-corrected chi connectivity index (χ1v) is 7.52. The Morgan fingerprint density at radius 3 is 2.65 bits per heavy atom. The van der Waals surface area contributed by atoms with Gasteiger partial charge in [0.1, 0.15) is 24.2 Å². The van der Waals surface area contributed by atoms with Gasteiger partial charge >= 0.3 is 11.7 Å². The van der Waals surface area contributed by atoms with Crippen molar-refractivity contribution in [3.8, 4) is 11.5 Å². The van der Waals surface area contributed by atoms with Crippen LogP contribution in [0.2, 0.25) is 0 Å². The van der Waals surface area contributed by atoms with E-state index in [2.05, 4.69) is 0 Å². The maximum atomic E-state index is 13.4. The molecule has 0 saturated heterocycles. The summed E-state index contributed by atoms with van der Waals surface area (Å²) in [5, 5.41) is 19.9. The number of nitrogens with two attached hydrogens (primary N) is 1. The summed E-state index contributed by atoms with van der Waals surface area (Å²) >= 11 is 0. The number of methoxy groups -OCH3 is 1. The fourth-order valence-electron chi connectivity index (χ4n) is 2.32. The molecule has 0 radical (unpaired) electrons. The lowest BCUT2D eigenvalue weighted by Crippen LogP contribution is -2.32. The van der Waals surface area contributed by atoms with Crippen molar-refractivity contribution in [3.05, 3.63) is 63.5 Å². The van der Waals surface area contributed by atoms with Crippen molar-refractivity contribution < 1.29 is 28.7 Å². The maximum absolute atomic E-state index is 13.4. The number of nitro benzene ring substituents is 1. The highest BCUT2D eigenvalue weighted by atomic mass is 19.1. The largest absolute Gasteiger partial charge is 0.496 e. The third kappa shape index (κ3) is 4.67. The molecule has 0 aliphatic carbocycles. The number of hydrogen-bond donors (Lipinski definition) is 2. The van der Waals surface area contributed by atoms with Gasteiger partial charge in [0.25, 0.3) is 0 Å². The summed E-state index contributed by atoms with van der Waals surface area (Å²) in [5.74, 6) is -1.57. The van der Waals surface area contributed by atoms with Crippen LogP contribution in [-0.4, -0.2) is 29.2 Å². The summed E-state index contributed by atoms with van der Waals surface area (Å²) in [6.07, 6.45) is 0.0897. The Morgan fingerprint density at radius 1 is 1.31 bits per heavy atom. The lowest BCUT2D eigenvalue weighted by Gasteiger charge is -2.13. The molecule has 0 saturated carbocycles. The molecule has 26 heavy (non-hydrogen) atoms. The first-order chi connectivity index (χ1) is 12.3. The van der Waals surface area contributed by atoms with Crippen molar-refractivity contribution in [2.75, 3.05) is 7.11 Å². The lowest BCUT2D eigenvalue weighted by molar-refractivity contribution is -0.386. The van der Waals surface area contributed by atoms with Crippen LogP contribution in [0.5, 0.6) is 11.5 Å². The number of hydrogen-bond acceptors (Lipinski definition) is 6. The van der Waals surface area contributed by atoms with E-state index in [0.29, 0.717) is 16.9 Å². The van der Waals surface area contributed by atoms with E-state index in [1.807, 2.05) is 0 Å². The minimum atomic E-state index is -1.13. The van der Waals surface area contributed by atoms with Crippen LogP contribution in [-0.2, 0) is 17.8 Å². The highest BCUT2D eigenvalue weighted by molar-refractivity contribution is 5.73. The van der Waals surface area contributed by atoms with Gasteiger partial charge in [-0.25, -0.2) is 4.39 Å². The number of carbonyl (C=O) groups is 1. The SMILES string of the molecule is COc1ccc(CC(N)C(=O)O)cc1COc1cc(F)ccc1[N+](=O)[O-]. The van der Waals surface area contributed by atoms with Crippen LogP contribution in [0.3, 0.4) is 0 Å². The number of carboxylic acid groups (broad SMARTS) is 1. The third-order valence-electron chi connectivity index (χ3n) is 3.62. The van der Waals surface area contributed by atoms with E-state index in [0.717, 1.165) is 18.2 Å². The molecule has 1 unspecified atom stereocenters. The molecule has 1 atom stereocenters. The van der Waals surface area contributed by atoms with Crippen molar-refractivity contribution in [3.63, 3.8) is 0 Å². The third-order valence-corrected chi connectivity index (χ3v) is 3.62. The highest BCUT2D eigenvalue weighted by Gasteiger charge is 2.18.